The fraction of sp³-hybridized carbons (Fsp3) is 0.688. The lowest BCUT2D eigenvalue weighted by Crippen LogP contribution is -2.28. The fourth-order valence-electron chi connectivity index (χ4n) is 2.98. The highest BCUT2D eigenvalue weighted by molar-refractivity contribution is 5.07. The van der Waals surface area contributed by atoms with E-state index >= 15 is 0 Å². The van der Waals surface area contributed by atoms with Gasteiger partial charge in [0.25, 0.3) is 0 Å². The van der Waals surface area contributed by atoms with Gasteiger partial charge in [-0.25, -0.2) is 4.39 Å². The van der Waals surface area contributed by atoms with E-state index in [2.05, 4.69) is 16.9 Å². The number of halogens is 1. The number of aliphatic hydroxyl groups is 1. The van der Waals surface area contributed by atoms with Crippen molar-refractivity contribution >= 4 is 0 Å². The molecule has 4 heteroatoms. The van der Waals surface area contributed by atoms with E-state index < -0.39 is 6.10 Å². The van der Waals surface area contributed by atoms with Gasteiger partial charge in [0.1, 0.15) is 5.82 Å². The number of rotatable bonds is 6. The topological polar surface area (TPSA) is 36.4 Å². The maximum Gasteiger partial charge on any atom is 0.141 e. The SMILES string of the molecule is CN(CCC(O)c1ccc(F)cn1)CC1CCCCC1. The van der Waals surface area contributed by atoms with Crippen LogP contribution in [0.4, 0.5) is 4.39 Å². The van der Waals surface area contributed by atoms with Gasteiger partial charge >= 0.3 is 0 Å². The minimum absolute atomic E-state index is 0.365. The third-order valence-electron chi connectivity index (χ3n) is 4.17. The Hall–Kier alpha value is -1.00. The first kappa shape index (κ1) is 15.4. The minimum Gasteiger partial charge on any atom is -0.387 e. The highest BCUT2D eigenvalue weighted by Gasteiger charge is 2.16. The first-order valence-corrected chi connectivity index (χ1v) is 7.63. The molecule has 0 bridgehead atoms. The molecule has 1 aliphatic rings. The molecule has 0 aromatic carbocycles. The molecule has 112 valence electrons. The van der Waals surface area contributed by atoms with Crippen LogP contribution in [0.5, 0.6) is 0 Å². The predicted molar refractivity (Wildman–Crippen MR) is 77.8 cm³/mol. The second-order valence-electron chi connectivity index (χ2n) is 5.97. The van der Waals surface area contributed by atoms with Gasteiger partial charge in [-0.1, -0.05) is 19.3 Å². The van der Waals surface area contributed by atoms with Gasteiger partial charge in [0.15, 0.2) is 0 Å². The molecule has 1 aromatic rings. The van der Waals surface area contributed by atoms with Crippen LogP contribution in [0.15, 0.2) is 18.3 Å². The standard InChI is InChI=1S/C16H25FN2O/c1-19(12-13-5-3-2-4-6-13)10-9-16(20)15-8-7-14(17)11-18-15/h7-8,11,13,16,20H,2-6,9-10,12H2,1H3. The van der Waals surface area contributed by atoms with Crippen LogP contribution in [0.3, 0.4) is 0 Å². The van der Waals surface area contributed by atoms with E-state index in [9.17, 15) is 9.50 Å². The summed E-state index contributed by atoms with van der Waals surface area (Å²) >= 11 is 0. The van der Waals surface area contributed by atoms with Gasteiger partial charge < -0.3 is 10.0 Å². The summed E-state index contributed by atoms with van der Waals surface area (Å²) in [6.07, 6.45) is 7.98. The van der Waals surface area contributed by atoms with Gasteiger partial charge in [-0.15, -0.1) is 0 Å². The van der Waals surface area contributed by atoms with Crippen LogP contribution in [0, 0.1) is 11.7 Å². The van der Waals surface area contributed by atoms with Crippen molar-refractivity contribution in [3.8, 4) is 0 Å². The third-order valence-corrected chi connectivity index (χ3v) is 4.17. The second kappa shape index (κ2) is 7.70. The van der Waals surface area contributed by atoms with Gasteiger partial charge in [-0.3, -0.25) is 4.98 Å². The number of aromatic nitrogens is 1. The van der Waals surface area contributed by atoms with Gasteiger partial charge in [0, 0.05) is 13.1 Å². The van der Waals surface area contributed by atoms with Crippen molar-refractivity contribution < 1.29 is 9.50 Å². The zero-order chi connectivity index (χ0) is 14.4. The number of hydrogen-bond donors (Lipinski definition) is 1. The van der Waals surface area contributed by atoms with Crippen molar-refractivity contribution in [2.45, 2.75) is 44.6 Å². The molecule has 1 aromatic heterocycles. The van der Waals surface area contributed by atoms with Crippen molar-refractivity contribution in [2.24, 2.45) is 5.92 Å². The van der Waals surface area contributed by atoms with Crippen molar-refractivity contribution in [1.82, 2.24) is 9.88 Å². The lowest BCUT2D eigenvalue weighted by Gasteiger charge is -2.27. The van der Waals surface area contributed by atoms with Gasteiger partial charge in [0.05, 0.1) is 18.0 Å². The molecule has 0 saturated heterocycles. The Morgan fingerprint density at radius 3 is 2.75 bits per heavy atom. The average Bonchev–Trinajstić information content (AvgIpc) is 2.46. The smallest absolute Gasteiger partial charge is 0.141 e. The molecule has 0 aliphatic heterocycles. The Morgan fingerprint density at radius 2 is 2.10 bits per heavy atom. The molecule has 1 saturated carbocycles. The molecule has 1 unspecified atom stereocenters. The first-order chi connectivity index (χ1) is 9.65. The largest absolute Gasteiger partial charge is 0.387 e. The molecule has 20 heavy (non-hydrogen) atoms. The summed E-state index contributed by atoms with van der Waals surface area (Å²) < 4.78 is 12.8. The summed E-state index contributed by atoms with van der Waals surface area (Å²) in [5.41, 5.74) is 0.553. The van der Waals surface area contributed by atoms with Crippen molar-refractivity contribution in [3.05, 3.63) is 29.8 Å². The van der Waals surface area contributed by atoms with E-state index in [0.29, 0.717) is 12.1 Å². The van der Waals surface area contributed by atoms with E-state index in [4.69, 9.17) is 0 Å². The van der Waals surface area contributed by atoms with Crippen molar-refractivity contribution in [1.29, 1.82) is 0 Å². The van der Waals surface area contributed by atoms with E-state index in [0.717, 1.165) is 25.2 Å². The van der Waals surface area contributed by atoms with Gasteiger partial charge in [-0.2, -0.15) is 0 Å². The van der Waals surface area contributed by atoms with Crippen LogP contribution in [-0.4, -0.2) is 35.1 Å². The predicted octanol–water partition coefficient (Wildman–Crippen LogP) is 3.16. The van der Waals surface area contributed by atoms with E-state index in [1.807, 2.05) is 0 Å². The van der Waals surface area contributed by atoms with Crippen molar-refractivity contribution in [3.63, 3.8) is 0 Å². The van der Waals surface area contributed by atoms with Crippen LogP contribution in [-0.2, 0) is 0 Å². The van der Waals surface area contributed by atoms with Crippen LogP contribution < -0.4 is 0 Å². The third kappa shape index (κ3) is 4.84. The van der Waals surface area contributed by atoms with Crippen LogP contribution in [0.25, 0.3) is 0 Å². The Morgan fingerprint density at radius 1 is 1.35 bits per heavy atom. The van der Waals surface area contributed by atoms with E-state index in [-0.39, 0.29) is 5.82 Å². The number of pyridine rings is 1. The summed E-state index contributed by atoms with van der Waals surface area (Å²) in [6, 6.07) is 2.90. The summed E-state index contributed by atoms with van der Waals surface area (Å²) in [5, 5.41) is 10.1. The van der Waals surface area contributed by atoms with Crippen LogP contribution >= 0.6 is 0 Å². The summed E-state index contributed by atoms with van der Waals surface area (Å²) in [7, 11) is 2.11. The Kier molecular flexibility index (Phi) is 5.92. The normalized spacial score (nSPS) is 18.4. The van der Waals surface area contributed by atoms with E-state index in [1.165, 1.54) is 38.2 Å². The molecular weight excluding hydrogens is 255 g/mol. The molecule has 3 nitrogen and oxygen atoms in total. The maximum absolute atomic E-state index is 12.8. The molecule has 1 heterocycles. The maximum atomic E-state index is 12.8. The number of nitrogens with zero attached hydrogens (tertiary/aromatic N) is 2. The Labute approximate surface area is 120 Å². The highest BCUT2D eigenvalue weighted by Crippen LogP contribution is 2.24. The zero-order valence-electron chi connectivity index (χ0n) is 12.3. The molecule has 0 spiro atoms. The molecular formula is C16H25FN2O. The lowest BCUT2D eigenvalue weighted by atomic mass is 9.89. The van der Waals surface area contributed by atoms with Crippen LogP contribution in [0.1, 0.15) is 50.3 Å². The Balaban J connectivity index is 1.71. The second-order valence-corrected chi connectivity index (χ2v) is 5.97. The molecule has 0 amide bonds. The molecule has 1 aliphatic carbocycles. The highest BCUT2D eigenvalue weighted by atomic mass is 19.1. The summed E-state index contributed by atoms with van der Waals surface area (Å²) in [5.74, 6) is 0.449. The lowest BCUT2D eigenvalue weighted by molar-refractivity contribution is 0.137. The number of hydrogen-bond acceptors (Lipinski definition) is 3. The first-order valence-electron chi connectivity index (χ1n) is 7.63. The summed E-state index contributed by atoms with van der Waals surface area (Å²) in [4.78, 5) is 6.22. The fourth-order valence-corrected chi connectivity index (χ4v) is 2.98. The van der Waals surface area contributed by atoms with Crippen molar-refractivity contribution in [2.75, 3.05) is 20.1 Å². The number of aliphatic hydroxyl groups excluding tert-OH is 1. The summed E-state index contributed by atoms with van der Waals surface area (Å²) in [6.45, 7) is 1.96. The molecule has 2 rings (SSSR count). The zero-order valence-corrected chi connectivity index (χ0v) is 12.3. The molecule has 0 radical (unpaired) electrons. The quantitative estimate of drug-likeness (QED) is 0.869. The van der Waals surface area contributed by atoms with Crippen LogP contribution in [0.2, 0.25) is 0 Å². The minimum atomic E-state index is -0.607. The molecule has 1 atom stereocenters. The van der Waals surface area contributed by atoms with Gasteiger partial charge in [0.2, 0.25) is 0 Å². The molecule has 1 N–H and O–H groups in total. The van der Waals surface area contributed by atoms with Gasteiger partial charge in [-0.05, 0) is 44.4 Å². The van der Waals surface area contributed by atoms with E-state index in [1.54, 1.807) is 6.07 Å². The molecule has 1 fully saturated rings. The average molecular weight is 280 g/mol. The Bertz CT molecular complexity index is 390. The monoisotopic (exact) mass is 280 g/mol.